The summed E-state index contributed by atoms with van der Waals surface area (Å²) in [6, 6.07) is 18.3. The molecule has 0 atom stereocenters. The van der Waals surface area contributed by atoms with Crippen molar-refractivity contribution in [3.8, 4) is 5.75 Å². The van der Waals surface area contributed by atoms with E-state index >= 15 is 0 Å². The first-order valence-electron chi connectivity index (χ1n) is 9.67. The Morgan fingerprint density at radius 3 is 2.09 bits per heavy atom. The van der Waals surface area contributed by atoms with Crippen molar-refractivity contribution in [1.29, 1.82) is 0 Å². The van der Waals surface area contributed by atoms with E-state index in [2.05, 4.69) is 31.9 Å². The highest BCUT2D eigenvalue weighted by molar-refractivity contribution is 9.11. The first kappa shape index (κ1) is 24.4. The third kappa shape index (κ3) is 5.66. The van der Waals surface area contributed by atoms with E-state index in [1.807, 2.05) is 42.5 Å². The summed E-state index contributed by atoms with van der Waals surface area (Å²) >= 11 is 20.4. The summed E-state index contributed by atoms with van der Waals surface area (Å²) in [6.45, 7) is 0.432. The van der Waals surface area contributed by atoms with E-state index in [0.717, 1.165) is 22.9 Å². The van der Waals surface area contributed by atoms with Crippen LogP contribution in [0.3, 0.4) is 0 Å². The van der Waals surface area contributed by atoms with Crippen molar-refractivity contribution in [1.82, 2.24) is 4.90 Å². The summed E-state index contributed by atoms with van der Waals surface area (Å²) < 4.78 is 7.35. The molecule has 1 fully saturated rings. The average Bonchev–Trinajstić information content (AvgIpc) is 3.03. The minimum absolute atomic E-state index is 0.129. The molecule has 0 aromatic heterocycles. The third-order valence-corrected chi connectivity index (χ3v) is 7.63. The van der Waals surface area contributed by atoms with Gasteiger partial charge in [0, 0.05) is 15.6 Å². The van der Waals surface area contributed by atoms with Gasteiger partial charge in [-0.25, -0.2) is 0 Å². The number of rotatable bonds is 6. The second kappa shape index (κ2) is 10.7. The monoisotopic (exact) mass is 625 g/mol. The Kier molecular flexibility index (Phi) is 7.87. The van der Waals surface area contributed by atoms with Crippen LogP contribution in [0.2, 0.25) is 10.0 Å². The second-order valence-electron chi connectivity index (χ2n) is 7.05. The first-order valence-corrected chi connectivity index (χ1v) is 12.8. The fourth-order valence-electron chi connectivity index (χ4n) is 3.15. The Morgan fingerprint density at radius 2 is 1.48 bits per heavy atom. The zero-order valence-corrected chi connectivity index (χ0v) is 22.4. The van der Waals surface area contributed by atoms with Crippen molar-refractivity contribution in [2.45, 2.75) is 13.2 Å². The van der Waals surface area contributed by atoms with Gasteiger partial charge in [-0.1, -0.05) is 59.6 Å². The lowest BCUT2D eigenvalue weighted by Crippen LogP contribution is -2.27. The lowest BCUT2D eigenvalue weighted by atomic mass is 10.2. The van der Waals surface area contributed by atoms with Crippen LogP contribution in [0.15, 0.2) is 74.5 Å². The number of nitrogens with zero attached hydrogens (tertiary/aromatic N) is 1. The Bertz CT molecular complexity index is 1260. The molecular weight excluding hydrogens is 613 g/mol. The van der Waals surface area contributed by atoms with Crippen molar-refractivity contribution in [3.05, 3.63) is 101 Å². The predicted molar refractivity (Wildman–Crippen MR) is 141 cm³/mol. The fraction of sp³-hybridized carbons (Fsp3) is 0.0833. The zero-order valence-electron chi connectivity index (χ0n) is 16.9. The van der Waals surface area contributed by atoms with Crippen molar-refractivity contribution >= 4 is 84.0 Å². The SMILES string of the molecule is O=C1S/C(=C/c2cc(Br)c(OCc3ccccc3Cl)c(Br)c2)C(=O)N1Cc1ccccc1Cl. The molecule has 0 N–H and O–H groups in total. The molecule has 3 aromatic carbocycles. The quantitative estimate of drug-likeness (QED) is 0.258. The van der Waals surface area contributed by atoms with Crippen molar-refractivity contribution in [2.24, 2.45) is 0 Å². The van der Waals surface area contributed by atoms with Crippen molar-refractivity contribution in [3.63, 3.8) is 0 Å². The largest absolute Gasteiger partial charge is 0.486 e. The summed E-state index contributed by atoms with van der Waals surface area (Å²) in [7, 11) is 0. The van der Waals surface area contributed by atoms with Crippen LogP contribution in [0.5, 0.6) is 5.75 Å². The molecule has 4 nitrogen and oxygen atoms in total. The van der Waals surface area contributed by atoms with Crippen LogP contribution in [-0.2, 0) is 17.9 Å². The summed E-state index contributed by atoms with van der Waals surface area (Å²) in [5.41, 5.74) is 2.32. The van der Waals surface area contributed by atoms with E-state index in [0.29, 0.717) is 41.8 Å². The van der Waals surface area contributed by atoms with Gasteiger partial charge >= 0.3 is 0 Å². The lowest BCUT2D eigenvalue weighted by Gasteiger charge is -2.13. The van der Waals surface area contributed by atoms with Crippen LogP contribution in [-0.4, -0.2) is 16.0 Å². The molecule has 168 valence electrons. The van der Waals surface area contributed by atoms with Gasteiger partial charge in [-0.05, 0) is 85.1 Å². The number of hydrogen-bond acceptors (Lipinski definition) is 4. The van der Waals surface area contributed by atoms with Gasteiger partial charge in [0.2, 0.25) is 0 Å². The Hall–Kier alpha value is -1.77. The molecule has 0 bridgehead atoms. The van der Waals surface area contributed by atoms with E-state index < -0.39 is 0 Å². The van der Waals surface area contributed by atoms with E-state index in [9.17, 15) is 9.59 Å². The molecule has 0 unspecified atom stereocenters. The minimum Gasteiger partial charge on any atom is -0.486 e. The van der Waals surface area contributed by atoms with Gasteiger partial charge in [-0.2, -0.15) is 0 Å². The number of benzene rings is 3. The molecular formula is C24H15Br2Cl2NO3S. The topological polar surface area (TPSA) is 46.6 Å². The van der Waals surface area contributed by atoms with Gasteiger partial charge in [0.05, 0.1) is 20.4 Å². The molecule has 1 heterocycles. The number of thioether (sulfide) groups is 1. The summed E-state index contributed by atoms with van der Waals surface area (Å²) in [5, 5.41) is 0.818. The normalized spacial score (nSPS) is 14.9. The van der Waals surface area contributed by atoms with E-state index in [4.69, 9.17) is 27.9 Å². The highest BCUT2D eigenvalue weighted by atomic mass is 79.9. The molecule has 9 heteroatoms. The molecule has 0 spiro atoms. The van der Waals surface area contributed by atoms with Gasteiger partial charge in [0.15, 0.2) is 0 Å². The molecule has 0 aliphatic carbocycles. The molecule has 2 amide bonds. The van der Waals surface area contributed by atoms with E-state index in [-0.39, 0.29) is 17.7 Å². The van der Waals surface area contributed by atoms with Crippen LogP contribution >= 0.6 is 66.8 Å². The zero-order chi connectivity index (χ0) is 23.5. The van der Waals surface area contributed by atoms with Gasteiger partial charge in [0.1, 0.15) is 12.4 Å². The summed E-state index contributed by atoms with van der Waals surface area (Å²) in [6.07, 6.45) is 1.69. The number of imide groups is 1. The predicted octanol–water partition coefficient (Wildman–Crippen LogP) is 8.33. The number of carbonyl (C=O) groups excluding carboxylic acids is 2. The van der Waals surface area contributed by atoms with Crippen molar-refractivity contribution < 1.29 is 14.3 Å². The molecule has 1 aliphatic rings. The molecule has 0 radical (unpaired) electrons. The maximum absolute atomic E-state index is 12.9. The van der Waals surface area contributed by atoms with Crippen LogP contribution in [0, 0.1) is 0 Å². The Labute approximate surface area is 222 Å². The van der Waals surface area contributed by atoms with Crippen LogP contribution in [0.25, 0.3) is 6.08 Å². The molecule has 1 aliphatic heterocycles. The smallest absolute Gasteiger partial charge is 0.293 e. The maximum atomic E-state index is 12.9. The molecule has 33 heavy (non-hydrogen) atoms. The Balaban J connectivity index is 1.52. The molecule has 4 rings (SSSR count). The fourth-order valence-corrected chi connectivity index (χ4v) is 5.83. The van der Waals surface area contributed by atoms with Crippen molar-refractivity contribution in [2.75, 3.05) is 0 Å². The van der Waals surface area contributed by atoms with Gasteiger partial charge in [0.25, 0.3) is 11.1 Å². The standard InChI is InChI=1S/C24H15Br2Cl2NO3S/c25-17-9-14(10-18(26)22(17)32-13-16-6-2-4-8-20(16)28)11-21-23(30)29(24(31)33-21)12-15-5-1-3-7-19(15)27/h1-11H,12-13H2/b21-11+. The number of halogens is 4. The molecule has 3 aromatic rings. The van der Waals surface area contributed by atoms with Gasteiger partial charge in [-0.3, -0.25) is 14.5 Å². The van der Waals surface area contributed by atoms with Crippen LogP contribution < -0.4 is 4.74 Å². The minimum atomic E-state index is -0.351. The van der Waals surface area contributed by atoms with Crippen LogP contribution in [0.4, 0.5) is 4.79 Å². The Morgan fingerprint density at radius 1 is 0.909 bits per heavy atom. The maximum Gasteiger partial charge on any atom is 0.293 e. The molecule has 1 saturated heterocycles. The number of amides is 2. The summed E-state index contributed by atoms with van der Waals surface area (Å²) in [5.74, 6) is 0.259. The average molecular weight is 628 g/mol. The number of hydrogen-bond donors (Lipinski definition) is 0. The van der Waals surface area contributed by atoms with Gasteiger partial charge < -0.3 is 4.74 Å². The third-order valence-electron chi connectivity index (χ3n) is 4.81. The number of ether oxygens (including phenoxy) is 1. The lowest BCUT2D eigenvalue weighted by molar-refractivity contribution is -0.123. The highest BCUT2D eigenvalue weighted by Gasteiger charge is 2.35. The summed E-state index contributed by atoms with van der Waals surface area (Å²) in [4.78, 5) is 26.9. The van der Waals surface area contributed by atoms with E-state index in [1.165, 1.54) is 4.90 Å². The molecule has 0 saturated carbocycles. The van der Waals surface area contributed by atoms with Gasteiger partial charge in [-0.15, -0.1) is 0 Å². The second-order valence-corrected chi connectivity index (χ2v) is 10.6. The first-order chi connectivity index (χ1) is 15.8. The number of carbonyl (C=O) groups is 2. The highest BCUT2D eigenvalue weighted by Crippen LogP contribution is 2.39. The van der Waals surface area contributed by atoms with E-state index in [1.54, 1.807) is 24.3 Å². The van der Waals surface area contributed by atoms with Crippen LogP contribution in [0.1, 0.15) is 16.7 Å².